The minimum Gasteiger partial charge on any atom is -0.493 e. The summed E-state index contributed by atoms with van der Waals surface area (Å²) in [7, 11) is 4.87. The monoisotopic (exact) mass is 423 g/mol. The Morgan fingerprint density at radius 2 is 1.97 bits per heavy atom. The van der Waals surface area contributed by atoms with E-state index in [0.717, 1.165) is 50.4 Å². The van der Waals surface area contributed by atoms with Crippen molar-refractivity contribution in [3.05, 3.63) is 17.7 Å². The van der Waals surface area contributed by atoms with Crippen LogP contribution in [0, 0.1) is 0 Å². The summed E-state index contributed by atoms with van der Waals surface area (Å²) < 4.78 is 27.6. The molecule has 0 spiro atoms. The van der Waals surface area contributed by atoms with Gasteiger partial charge in [-0.1, -0.05) is 6.07 Å². The first-order valence-corrected chi connectivity index (χ1v) is 10.7. The zero-order valence-electron chi connectivity index (χ0n) is 18.8. The van der Waals surface area contributed by atoms with E-state index in [2.05, 4.69) is 22.5 Å². The quantitative estimate of drug-likeness (QED) is 0.286. The molecule has 170 valence electrons. The van der Waals surface area contributed by atoms with Crippen molar-refractivity contribution in [2.24, 2.45) is 4.99 Å². The Morgan fingerprint density at radius 3 is 2.63 bits per heavy atom. The second-order valence-electron chi connectivity index (χ2n) is 6.99. The number of nitrogens with one attached hydrogen (secondary N) is 2. The Hall–Kier alpha value is -2.19. The molecule has 0 aliphatic carbocycles. The van der Waals surface area contributed by atoms with Crippen LogP contribution in [0.2, 0.25) is 0 Å². The summed E-state index contributed by atoms with van der Waals surface area (Å²) in [5, 5.41) is 6.65. The van der Waals surface area contributed by atoms with Gasteiger partial charge in [0.2, 0.25) is 5.75 Å². The molecule has 2 rings (SSSR count). The van der Waals surface area contributed by atoms with Crippen LogP contribution in [-0.4, -0.2) is 72.8 Å². The molecule has 1 saturated heterocycles. The molecule has 30 heavy (non-hydrogen) atoms. The Labute approximate surface area is 180 Å². The largest absolute Gasteiger partial charge is 0.493 e. The van der Waals surface area contributed by atoms with Crippen LogP contribution in [0.25, 0.3) is 0 Å². The number of guanidine groups is 1. The molecular weight excluding hydrogens is 386 g/mol. The van der Waals surface area contributed by atoms with Crippen molar-refractivity contribution in [1.29, 1.82) is 0 Å². The predicted octanol–water partition coefficient (Wildman–Crippen LogP) is 2.40. The van der Waals surface area contributed by atoms with E-state index in [9.17, 15) is 0 Å². The smallest absolute Gasteiger partial charge is 0.203 e. The Kier molecular flexibility index (Phi) is 11.2. The van der Waals surface area contributed by atoms with E-state index in [0.29, 0.717) is 43.6 Å². The molecule has 8 nitrogen and oxygen atoms in total. The van der Waals surface area contributed by atoms with Crippen molar-refractivity contribution < 1.29 is 23.7 Å². The van der Waals surface area contributed by atoms with Gasteiger partial charge in [-0.15, -0.1) is 0 Å². The molecule has 0 bridgehead atoms. The molecule has 1 heterocycles. The summed E-state index contributed by atoms with van der Waals surface area (Å²) >= 11 is 0. The molecule has 8 heteroatoms. The van der Waals surface area contributed by atoms with E-state index in [-0.39, 0.29) is 6.10 Å². The third-order valence-electron chi connectivity index (χ3n) is 4.86. The summed E-state index contributed by atoms with van der Waals surface area (Å²) in [6.45, 7) is 6.54. The minimum atomic E-state index is 0.279. The standard InChI is InChI=1S/C22H37N3O5/c1-5-23-22(24-12-7-14-29-16-18-8-6-15-30-18)25-13-11-17-9-10-19(26-2)21(28-4)20(17)27-3/h9-10,18H,5-8,11-16H2,1-4H3,(H2,23,24,25). The van der Waals surface area contributed by atoms with Crippen LogP contribution in [-0.2, 0) is 15.9 Å². The molecule has 0 radical (unpaired) electrons. The van der Waals surface area contributed by atoms with Crippen molar-refractivity contribution in [3.8, 4) is 17.2 Å². The zero-order valence-corrected chi connectivity index (χ0v) is 18.8. The fraction of sp³-hybridized carbons (Fsp3) is 0.682. The number of ether oxygens (including phenoxy) is 5. The molecule has 1 aliphatic heterocycles. The maximum Gasteiger partial charge on any atom is 0.203 e. The fourth-order valence-electron chi connectivity index (χ4n) is 3.37. The summed E-state index contributed by atoms with van der Waals surface area (Å²) in [4.78, 5) is 4.62. The van der Waals surface area contributed by atoms with Crippen molar-refractivity contribution in [3.63, 3.8) is 0 Å². The number of hydrogen-bond donors (Lipinski definition) is 2. The van der Waals surface area contributed by atoms with Gasteiger partial charge < -0.3 is 34.3 Å². The van der Waals surface area contributed by atoms with Gasteiger partial charge in [0.1, 0.15) is 0 Å². The highest BCUT2D eigenvalue weighted by molar-refractivity contribution is 5.79. The van der Waals surface area contributed by atoms with Gasteiger partial charge in [0.25, 0.3) is 0 Å². The first-order chi connectivity index (χ1) is 14.7. The van der Waals surface area contributed by atoms with E-state index >= 15 is 0 Å². The first-order valence-electron chi connectivity index (χ1n) is 10.7. The Bertz CT molecular complexity index is 648. The van der Waals surface area contributed by atoms with E-state index in [1.807, 2.05) is 12.1 Å². The van der Waals surface area contributed by atoms with Crippen LogP contribution >= 0.6 is 0 Å². The molecule has 1 unspecified atom stereocenters. The lowest BCUT2D eigenvalue weighted by Gasteiger charge is -2.16. The number of rotatable bonds is 13. The van der Waals surface area contributed by atoms with E-state index in [1.54, 1.807) is 21.3 Å². The molecule has 0 aromatic heterocycles. The maximum absolute atomic E-state index is 5.69. The van der Waals surface area contributed by atoms with Crippen molar-refractivity contribution in [2.45, 2.75) is 38.7 Å². The van der Waals surface area contributed by atoms with Crippen LogP contribution in [0.15, 0.2) is 17.1 Å². The van der Waals surface area contributed by atoms with Crippen molar-refractivity contribution >= 4 is 5.96 Å². The molecule has 0 saturated carbocycles. The molecule has 1 fully saturated rings. The lowest BCUT2D eigenvalue weighted by Crippen LogP contribution is -2.38. The van der Waals surface area contributed by atoms with Crippen LogP contribution in [0.5, 0.6) is 17.2 Å². The molecule has 1 aliphatic rings. The average molecular weight is 424 g/mol. The number of hydrogen-bond acceptors (Lipinski definition) is 6. The number of nitrogens with zero attached hydrogens (tertiary/aromatic N) is 1. The van der Waals surface area contributed by atoms with Gasteiger partial charge in [0.05, 0.1) is 34.0 Å². The summed E-state index contributed by atoms with van der Waals surface area (Å²) in [5.41, 5.74) is 1.04. The first kappa shape index (κ1) is 24.1. The van der Waals surface area contributed by atoms with E-state index in [1.165, 1.54) is 0 Å². The highest BCUT2D eigenvalue weighted by Gasteiger charge is 2.16. The van der Waals surface area contributed by atoms with Gasteiger partial charge in [-0.05, 0) is 38.7 Å². The lowest BCUT2D eigenvalue weighted by molar-refractivity contribution is 0.0171. The number of benzene rings is 1. The predicted molar refractivity (Wildman–Crippen MR) is 118 cm³/mol. The second-order valence-corrected chi connectivity index (χ2v) is 6.99. The van der Waals surface area contributed by atoms with Crippen LogP contribution in [0.1, 0.15) is 31.7 Å². The fourth-order valence-corrected chi connectivity index (χ4v) is 3.37. The van der Waals surface area contributed by atoms with Crippen LogP contribution in [0.4, 0.5) is 0 Å². The summed E-state index contributed by atoms with van der Waals surface area (Å²) in [6.07, 6.45) is 4.18. The molecule has 0 amide bonds. The highest BCUT2D eigenvalue weighted by atomic mass is 16.5. The number of aliphatic imine (C=N–C) groups is 1. The molecule has 1 aromatic rings. The molecular formula is C22H37N3O5. The zero-order chi connectivity index (χ0) is 21.6. The van der Waals surface area contributed by atoms with Gasteiger partial charge in [0, 0.05) is 38.4 Å². The summed E-state index contributed by atoms with van der Waals surface area (Å²) in [6, 6.07) is 3.89. The van der Waals surface area contributed by atoms with Gasteiger partial charge >= 0.3 is 0 Å². The third kappa shape index (κ3) is 7.57. The maximum atomic E-state index is 5.69. The van der Waals surface area contributed by atoms with Crippen LogP contribution < -0.4 is 24.8 Å². The SMILES string of the molecule is CCNC(=NCCCOCC1CCCO1)NCCc1ccc(OC)c(OC)c1OC. The van der Waals surface area contributed by atoms with Gasteiger partial charge in [-0.3, -0.25) is 4.99 Å². The third-order valence-corrected chi connectivity index (χ3v) is 4.86. The lowest BCUT2D eigenvalue weighted by atomic mass is 10.1. The van der Waals surface area contributed by atoms with Gasteiger partial charge in [0.15, 0.2) is 17.5 Å². The highest BCUT2D eigenvalue weighted by Crippen LogP contribution is 2.39. The second kappa shape index (κ2) is 13.9. The topological polar surface area (TPSA) is 82.6 Å². The van der Waals surface area contributed by atoms with E-state index in [4.69, 9.17) is 23.7 Å². The van der Waals surface area contributed by atoms with Gasteiger partial charge in [-0.2, -0.15) is 0 Å². The molecule has 2 N–H and O–H groups in total. The summed E-state index contributed by atoms with van der Waals surface area (Å²) in [5.74, 6) is 2.77. The minimum absolute atomic E-state index is 0.279. The molecule has 1 aromatic carbocycles. The number of methoxy groups -OCH3 is 3. The average Bonchev–Trinajstić information content (AvgIpc) is 3.28. The Balaban J connectivity index is 1.77. The molecule has 1 atom stereocenters. The van der Waals surface area contributed by atoms with Gasteiger partial charge in [-0.25, -0.2) is 0 Å². The normalized spacial score (nSPS) is 16.4. The van der Waals surface area contributed by atoms with Crippen molar-refractivity contribution in [1.82, 2.24) is 10.6 Å². The Morgan fingerprint density at radius 1 is 1.13 bits per heavy atom. The van der Waals surface area contributed by atoms with Crippen LogP contribution in [0.3, 0.4) is 0 Å². The van der Waals surface area contributed by atoms with Crippen molar-refractivity contribution in [2.75, 3.05) is 60.8 Å². The van der Waals surface area contributed by atoms with E-state index < -0.39 is 0 Å².